The summed E-state index contributed by atoms with van der Waals surface area (Å²) in [5.41, 5.74) is 2.61. The van der Waals surface area contributed by atoms with Crippen LogP contribution in [0.5, 0.6) is 0 Å². The van der Waals surface area contributed by atoms with Gasteiger partial charge in [0.25, 0.3) is 0 Å². The summed E-state index contributed by atoms with van der Waals surface area (Å²) < 4.78 is 12.1. The van der Waals surface area contributed by atoms with E-state index >= 15 is 0 Å². The molecule has 186 valence electrons. The fraction of sp³-hybridized carbons (Fsp3) is 0.481. The zero-order chi connectivity index (χ0) is 25.7. The topological polar surface area (TPSA) is 18.5 Å². The van der Waals surface area contributed by atoms with Gasteiger partial charge < -0.3 is 8.23 Å². The second-order valence-electron chi connectivity index (χ2n) is 11.4. The highest BCUT2D eigenvalue weighted by molar-refractivity contribution is 6.84. The Hall–Kier alpha value is -1.03. The van der Waals surface area contributed by atoms with E-state index in [1.165, 1.54) is 17.2 Å². The number of hydrogen-bond donors (Lipinski definition) is 0. The molecule has 0 saturated carbocycles. The van der Waals surface area contributed by atoms with E-state index < -0.39 is 34.0 Å². The molecule has 33 heavy (non-hydrogen) atoms. The van der Waals surface area contributed by atoms with Crippen molar-refractivity contribution in [2.75, 3.05) is 0 Å². The number of hydrogen-bond acceptors (Lipinski definition) is 2. The Labute approximate surface area is 210 Å². The van der Waals surface area contributed by atoms with Crippen LogP contribution in [0.25, 0.3) is 6.08 Å². The molecule has 0 aromatic heterocycles. The van der Waals surface area contributed by atoms with Crippen molar-refractivity contribution in [2.45, 2.75) is 84.4 Å². The van der Waals surface area contributed by atoms with Crippen molar-refractivity contribution >= 4 is 40.1 Å². The lowest BCUT2D eigenvalue weighted by Gasteiger charge is -2.33. The highest BCUT2D eigenvalue weighted by atomic mass is 28.4. The van der Waals surface area contributed by atoms with Gasteiger partial charge in [0.2, 0.25) is 0 Å². The van der Waals surface area contributed by atoms with E-state index in [-0.39, 0.29) is 0 Å². The van der Waals surface area contributed by atoms with Crippen molar-refractivity contribution in [3.8, 4) is 0 Å². The molecule has 0 saturated heterocycles. The highest BCUT2D eigenvalue weighted by Crippen LogP contribution is 2.28. The van der Waals surface area contributed by atoms with Gasteiger partial charge in [0.15, 0.2) is 34.0 Å². The van der Waals surface area contributed by atoms with Crippen LogP contribution < -0.4 is 0 Å². The van der Waals surface area contributed by atoms with E-state index in [1.807, 2.05) is 36.4 Å². The first kappa shape index (κ1) is 32.0. The second kappa shape index (κ2) is 15.1. The average molecular weight is 519 g/mol. The van der Waals surface area contributed by atoms with Gasteiger partial charge in [-0.3, -0.25) is 0 Å². The maximum atomic E-state index is 6.40. The second-order valence-corrected chi connectivity index (χ2v) is 27.6. The molecule has 2 nitrogen and oxygen atoms in total. The van der Waals surface area contributed by atoms with Gasteiger partial charge in [-0.05, 0) is 88.6 Å². The predicted octanol–water partition coefficient (Wildman–Crippen LogP) is 9.00. The van der Waals surface area contributed by atoms with Crippen molar-refractivity contribution in [3.63, 3.8) is 0 Å². The molecule has 2 rings (SSSR count). The summed E-state index contributed by atoms with van der Waals surface area (Å²) in [6.45, 7) is 28.7. The fourth-order valence-electron chi connectivity index (χ4n) is 3.80. The maximum Gasteiger partial charge on any atom is 0.174 e. The molecule has 1 unspecified atom stereocenters. The largest absolute Gasteiger partial charge is 0.458 e. The highest BCUT2D eigenvalue weighted by Gasteiger charge is 2.31. The Morgan fingerprint density at radius 2 is 1.24 bits per heavy atom. The molecule has 0 aliphatic rings. The molecule has 0 aliphatic carbocycles. The third-order valence-corrected chi connectivity index (χ3v) is 15.3. The van der Waals surface area contributed by atoms with Crippen LogP contribution in [0.1, 0.15) is 24.0 Å². The minimum Gasteiger partial charge on any atom is -0.458 e. The summed E-state index contributed by atoms with van der Waals surface area (Å²) in [5.74, 6) is 0.606. The zero-order valence-electron chi connectivity index (χ0n) is 23.2. The van der Waals surface area contributed by atoms with E-state index in [0.29, 0.717) is 5.92 Å². The first-order valence-electron chi connectivity index (χ1n) is 12.1. The van der Waals surface area contributed by atoms with Crippen LogP contribution in [0.2, 0.25) is 71.5 Å². The first-order valence-corrected chi connectivity index (χ1v) is 24.9. The smallest absolute Gasteiger partial charge is 0.174 e. The summed E-state index contributed by atoms with van der Waals surface area (Å²) in [6.07, 6.45) is 1.83. The molecule has 0 N–H and O–H groups in total. The van der Waals surface area contributed by atoms with Gasteiger partial charge in [0, 0.05) is 0 Å². The predicted molar refractivity (Wildman–Crippen MR) is 161 cm³/mol. The van der Waals surface area contributed by atoms with Crippen molar-refractivity contribution < 1.29 is 8.23 Å². The first-order chi connectivity index (χ1) is 15.0. The molecule has 1 atom stereocenters. The zero-order valence-corrected chi connectivity index (χ0v) is 27.4. The monoisotopic (exact) mass is 518 g/mol. The van der Waals surface area contributed by atoms with Gasteiger partial charge in [-0.15, -0.1) is 0 Å². The summed E-state index contributed by atoms with van der Waals surface area (Å²) in [6, 6.07) is 22.0. The van der Waals surface area contributed by atoms with Crippen molar-refractivity contribution in [2.24, 2.45) is 0 Å². The van der Waals surface area contributed by atoms with Crippen molar-refractivity contribution in [3.05, 3.63) is 78.4 Å². The van der Waals surface area contributed by atoms with E-state index in [2.05, 4.69) is 109 Å². The van der Waals surface area contributed by atoms with Crippen LogP contribution in [0.4, 0.5) is 0 Å². The molecule has 0 fully saturated rings. The van der Waals surface area contributed by atoms with Crippen molar-refractivity contribution in [1.29, 1.82) is 0 Å². The van der Waals surface area contributed by atoms with Crippen LogP contribution in [-0.4, -0.2) is 34.0 Å². The van der Waals surface area contributed by atoms with Crippen molar-refractivity contribution in [1.82, 2.24) is 0 Å². The molecular formula is C27H50O2Si4. The molecule has 0 aliphatic heterocycles. The van der Waals surface area contributed by atoms with Crippen LogP contribution in [0.3, 0.4) is 0 Å². The van der Waals surface area contributed by atoms with Crippen LogP contribution in [-0.2, 0) is 8.23 Å². The number of benzene rings is 2. The van der Waals surface area contributed by atoms with Gasteiger partial charge >= 0.3 is 0 Å². The quantitative estimate of drug-likeness (QED) is 0.324. The van der Waals surface area contributed by atoms with E-state index in [9.17, 15) is 0 Å². The van der Waals surface area contributed by atoms with Gasteiger partial charge in [-0.1, -0.05) is 80.2 Å². The fourth-order valence-corrected chi connectivity index (χ4v) is 18.1. The molecule has 6 heteroatoms. The molecule has 0 radical (unpaired) electrons. The molecule has 2 aromatic carbocycles. The SMILES string of the molecule is C=Cc1ccccc1.CC(C[Si](C)(C)O[Si](C)(C)C)c1ccccc1.C[SiH](C)O[Si](C)(C)C. The third kappa shape index (κ3) is 19.0. The summed E-state index contributed by atoms with van der Waals surface area (Å²) in [7, 11) is -4.81. The lowest BCUT2D eigenvalue weighted by atomic mass is 10.0. The van der Waals surface area contributed by atoms with Crippen LogP contribution >= 0.6 is 0 Å². The Bertz CT molecular complexity index is 764. The third-order valence-electron chi connectivity index (χ3n) is 4.37. The van der Waals surface area contributed by atoms with Gasteiger partial charge in [-0.2, -0.15) is 0 Å². The Morgan fingerprint density at radius 3 is 1.55 bits per heavy atom. The van der Waals surface area contributed by atoms with Crippen LogP contribution in [0.15, 0.2) is 67.2 Å². The standard InChI is InChI=1S/C14H26OSi2.C8H8.C5H16OSi2/c1-13(14-10-8-7-9-11-14)12-17(5,6)15-16(2,3)4;1-2-8-6-4-3-5-7-8;1-7(2)6-8(3,4)5/h7-11,13H,12H2,1-6H3;2-7H,1H2;7H,1-5H3. The maximum absolute atomic E-state index is 6.40. The van der Waals surface area contributed by atoms with Gasteiger partial charge in [-0.25, -0.2) is 0 Å². The van der Waals surface area contributed by atoms with Crippen LogP contribution in [0, 0.1) is 0 Å². The minimum atomic E-state index is -1.52. The molecule has 0 spiro atoms. The van der Waals surface area contributed by atoms with E-state index in [1.54, 1.807) is 0 Å². The number of rotatable bonds is 8. The molecule has 0 amide bonds. The molecule has 2 aromatic rings. The molecular weight excluding hydrogens is 469 g/mol. The summed E-state index contributed by atoms with van der Waals surface area (Å²) >= 11 is 0. The Kier molecular flexibility index (Phi) is 14.6. The molecule has 0 heterocycles. The van der Waals surface area contributed by atoms with Gasteiger partial charge in [0.05, 0.1) is 0 Å². The van der Waals surface area contributed by atoms with E-state index in [0.717, 1.165) is 0 Å². The lowest BCUT2D eigenvalue weighted by Crippen LogP contribution is -2.42. The summed E-state index contributed by atoms with van der Waals surface area (Å²) in [4.78, 5) is 0. The lowest BCUT2D eigenvalue weighted by molar-refractivity contribution is 0.539. The Balaban J connectivity index is 0.000000532. The normalized spacial score (nSPS) is 12.7. The Morgan fingerprint density at radius 1 is 0.788 bits per heavy atom. The van der Waals surface area contributed by atoms with Gasteiger partial charge in [0.1, 0.15) is 0 Å². The molecule has 0 bridgehead atoms. The minimum absolute atomic E-state index is 0.606. The van der Waals surface area contributed by atoms with E-state index in [4.69, 9.17) is 8.23 Å². The summed E-state index contributed by atoms with van der Waals surface area (Å²) in [5, 5.41) is 0. The average Bonchev–Trinajstić information content (AvgIpc) is 2.66.